The highest BCUT2D eigenvalue weighted by Gasteiger charge is 2.17. The lowest BCUT2D eigenvalue weighted by atomic mass is 9.95. The molecule has 536 valence electrons. The van der Waals surface area contributed by atoms with Gasteiger partial charge in [-0.2, -0.15) is 0 Å². The van der Waals surface area contributed by atoms with Crippen molar-refractivity contribution in [2.24, 2.45) is 11.8 Å². The van der Waals surface area contributed by atoms with E-state index in [9.17, 15) is 19.2 Å². The summed E-state index contributed by atoms with van der Waals surface area (Å²) in [4.78, 5) is 55.6. The number of carbonyl (C=O) groups excluding carboxylic acids is 4. The zero-order chi connectivity index (χ0) is 66.1. The van der Waals surface area contributed by atoms with Crippen molar-refractivity contribution >= 4 is 55.6 Å². The molecule has 0 aliphatic rings. The Labute approximate surface area is 579 Å². The lowest BCUT2D eigenvalue weighted by Gasteiger charge is -2.23. The Hall–Kier alpha value is -1.16. The fourth-order valence-electron chi connectivity index (χ4n) is 12.5. The summed E-state index contributed by atoms with van der Waals surface area (Å²) >= 11 is 7.02. The minimum absolute atomic E-state index is 0.0247. The number of ether oxygens (including phenoxy) is 2. The Morgan fingerprint density at radius 3 is 0.722 bits per heavy atom. The van der Waals surface area contributed by atoms with E-state index in [0.29, 0.717) is 62.5 Å². The van der Waals surface area contributed by atoms with Crippen LogP contribution in [0.4, 0.5) is 0 Å². The molecule has 90 heavy (non-hydrogen) atoms. The van der Waals surface area contributed by atoms with Crippen LogP contribution in [0, 0.1) is 11.8 Å². The van der Waals surface area contributed by atoms with Gasteiger partial charge in [0.15, 0.2) is 0 Å². The van der Waals surface area contributed by atoms with Gasteiger partial charge in [0.2, 0.25) is 11.8 Å². The molecule has 10 heteroatoms. The van der Waals surface area contributed by atoms with Gasteiger partial charge in [-0.1, -0.05) is 343 Å². The van der Waals surface area contributed by atoms with Gasteiger partial charge in [-0.3, -0.25) is 19.2 Å². The van der Waals surface area contributed by atoms with Crippen molar-refractivity contribution in [3.63, 3.8) is 0 Å². The smallest absolute Gasteiger partial charge is 0.305 e. The van der Waals surface area contributed by atoms with E-state index in [4.69, 9.17) is 9.47 Å². The molecule has 0 aromatic carbocycles. The van der Waals surface area contributed by atoms with Crippen LogP contribution in [-0.4, -0.2) is 83.6 Å². The number of rotatable bonds is 72. The van der Waals surface area contributed by atoms with Crippen molar-refractivity contribution < 1.29 is 28.7 Å². The van der Waals surface area contributed by atoms with Crippen molar-refractivity contribution in [3.05, 3.63) is 0 Å². The number of halogens is 2. The molecule has 0 heterocycles. The van der Waals surface area contributed by atoms with Gasteiger partial charge in [0, 0.05) is 62.5 Å². The molecule has 0 spiro atoms. The standard InChI is InChI=1S/2C40H78BrNO3/c2*1-4-7-10-13-15-16-21-28-35-42(39(43)32-25-19-17-20-27-34-41)36-29-22-26-33-40(44)45-37-38(30-23-12-9-6-3)31-24-18-14-11-8-5-2/h2*38H,4-37H2,1-3H3. The van der Waals surface area contributed by atoms with Crippen LogP contribution in [0.15, 0.2) is 0 Å². The number of nitrogens with zero attached hydrogens (tertiary/aromatic N) is 2. The topological polar surface area (TPSA) is 93.2 Å². The summed E-state index contributed by atoms with van der Waals surface area (Å²) in [5.74, 6) is 1.68. The molecule has 0 saturated carbocycles. The number of alkyl halides is 2. The summed E-state index contributed by atoms with van der Waals surface area (Å²) in [5.41, 5.74) is 0. The summed E-state index contributed by atoms with van der Waals surface area (Å²) in [5, 5.41) is 2.16. The molecular weight excluding hydrogens is 1240 g/mol. The zero-order valence-corrected chi connectivity index (χ0v) is 64.5. The highest BCUT2D eigenvalue weighted by Crippen LogP contribution is 2.23. The van der Waals surface area contributed by atoms with Gasteiger partial charge in [0.05, 0.1) is 13.2 Å². The minimum atomic E-state index is -0.0247. The molecule has 0 saturated heterocycles. The van der Waals surface area contributed by atoms with Gasteiger partial charge >= 0.3 is 11.9 Å². The van der Waals surface area contributed by atoms with Crippen LogP contribution >= 0.6 is 31.9 Å². The molecule has 2 amide bonds. The van der Waals surface area contributed by atoms with Crippen LogP contribution in [-0.2, 0) is 28.7 Å². The summed E-state index contributed by atoms with van der Waals surface area (Å²) in [6.07, 6.45) is 71.4. The van der Waals surface area contributed by atoms with E-state index < -0.39 is 0 Å². The highest BCUT2D eigenvalue weighted by atomic mass is 79.9. The molecule has 0 fully saturated rings. The zero-order valence-electron chi connectivity index (χ0n) is 61.3. The molecule has 0 bridgehead atoms. The number of amides is 2. The number of esters is 2. The van der Waals surface area contributed by atoms with E-state index >= 15 is 0 Å². The van der Waals surface area contributed by atoms with Crippen molar-refractivity contribution in [2.75, 3.05) is 50.1 Å². The predicted molar refractivity (Wildman–Crippen MR) is 401 cm³/mol. The molecular formula is C80H156Br2N2O6. The first kappa shape index (κ1) is 90.9. The van der Waals surface area contributed by atoms with Gasteiger partial charge in [-0.25, -0.2) is 0 Å². The summed E-state index contributed by atoms with van der Waals surface area (Å²) < 4.78 is 11.6. The molecule has 0 aromatic heterocycles. The van der Waals surface area contributed by atoms with E-state index in [2.05, 4.69) is 83.2 Å². The van der Waals surface area contributed by atoms with Crippen molar-refractivity contribution in [3.8, 4) is 0 Å². The third-order valence-electron chi connectivity index (χ3n) is 18.8. The maximum atomic E-state index is 13.1. The largest absolute Gasteiger partial charge is 0.465 e. The lowest BCUT2D eigenvalue weighted by molar-refractivity contribution is -0.146. The van der Waals surface area contributed by atoms with Crippen LogP contribution in [0.25, 0.3) is 0 Å². The third-order valence-corrected chi connectivity index (χ3v) is 19.9. The molecule has 2 unspecified atom stereocenters. The van der Waals surface area contributed by atoms with E-state index in [1.807, 2.05) is 0 Å². The van der Waals surface area contributed by atoms with Gasteiger partial charge in [0.25, 0.3) is 0 Å². The monoisotopic (exact) mass is 1400 g/mol. The Morgan fingerprint density at radius 2 is 0.456 bits per heavy atom. The van der Waals surface area contributed by atoms with E-state index in [1.165, 1.54) is 283 Å². The average molecular weight is 1400 g/mol. The Morgan fingerprint density at radius 1 is 0.256 bits per heavy atom. The number of carbonyl (C=O) groups is 4. The second kappa shape index (κ2) is 76.9. The molecule has 2 atom stereocenters. The summed E-state index contributed by atoms with van der Waals surface area (Å²) in [7, 11) is 0. The molecule has 0 aliphatic carbocycles. The fraction of sp³-hybridized carbons (Fsp3) is 0.950. The van der Waals surface area contributed by atoms with Gasteiger partial charge in [-0.15, -0.1) is 0 Å². The van der Waals surface area contributed by atoms with Gasteiger partial charge in [-0.05, 0) is 102 Å². The van der Waals surface area contributed by atoms with Crippen LogP contribution in [0.5, 0.6) is 0 Å². The second-order valence-corrected chi connectivity index (χ2v) is 29.2. The molecule has 0 aromatic rings. The minimum Gasteiger partial charge on any atom is -0.465 e. The number of hydrogen-bond donors (Lipinski definition) is 0. The number of unbranched alkanes of at least 4 members (excludes halogenated alkanes) is 42. The third kappa shape index (κ3) is 68.2. The summed E-state index contributed by atoms with van der Waals surface area (Å²) in [6.45, 7) is 18.3. The van der Waals surface area contributed by atoms with E-state index in [-0.39, 0.29) is 11.9 Å². The fourth-order valence-corrected chi connectivity index (χ4v) is 13.3. The Balaban J connectivity index is 0. The molecule has 0 rings (SSSR count). The first-order valence-electron chi connectivity index (χ1n) is 40.2. The Kier molecular flexibility index (Phi) is 77.6. The molecule has 0 aliphatic heterocycles. The first-order chi connectivity index (χ1) is 44.2. The maximum Gasteiger partial charge on any atom is 0.305 e. The van der Waals surface area contributed by atoms with Crippen LogP contribution in [0.1, 0.15) is 427 Å². The van der Waals surface area contributed by atoms with E-state index in [1.54, 1.807) is 0 Å². The number of hydrogen-bond acceptors (Lipinski definition) is 6. The second-order valence-electron chi connectivity index (χ2n) is 27.7. The average Bonchev–Trinajstić information content (AvgIpc) is 3.75. The first-order valence-corrected chi connectivity index (χ1v) is 42.4. The SMILES string of the molecule is CCCCCCCCCCN(CCCCCC(=O)OCC(CCCCCC)CCCCCCCC)C(=O)CCCCCCCBr.CCCCCCCCCCN(CCCCCC(=O)OCC(CCCCCC)CCCCCCCC)C(=O)CCCCCCCBr. The maximum absolute atomic E-state index is 13.1. The van der Waals surface area contributed by atoms with Gasteiger partial charge in [0.1, 0.15) is 0 Å². The van der Waals surface area contributed by atoms with Crippen molar-refractivity contribution in [1.29, 1.82) is 0 Å². The molecule has 0 N–H and O–H groups in total. The summed E-state index contributed by atoms with van der Waals surface area (Å²) in [6, 6.07) is 0. The van der Waals surface area contributed by atoms with Crippen LogP contribution < -0.4 is 0 Å². The van der Waals surface area contributed by atoms with E-state index in [0.717, 1.165) is 114 Å². The quantitative estimate of drug-likeness (QED) is 0.0342. The lowest BCUT2D eigenvalue weighted by Crippen LogP contribution is -2.32. The molecule has 8 nitrogen and oxygen atoms in total. The predicted octanol–water partition coefficient (Wildman–Crippen LogP) is 26.3. The van der Waals surface area contributed by atoms with Crippen LogP contribution in [0.3, 0.4) is 0 Å². The Bertz CT molecular complexity index is 1360. The highest BCUT2D eigenvalue weighted by molar-refractivity contribution is 9.09. The van der Waals surface area contributed by atoms with Gasteiger partial charge < -0.3 is 19.3 Å². The van der Waals surface area contributed by atoms with Crippen LogP contribution in [0.2, 0.25) is 0 Å². The molecule has 0 radical (unpaired) electrons. The normalized spacial score (nSPS) is 12.0. The van der Waals surface area contributed by atoms with Crippen molar-refractivity contribution in [1.82, 2.24) is 9.80 Å². The van der Waals surface area contributed by atoms with Crippen molar-refractivity contribution in [2.45, 2.75) is 427 Å².